The fourth-order valence-electron chi connectivity index (χ4n) is 5.86. The van der Waals surface area contributed by atoms with E-state index in [-0.39, 0.29) is 11.3 Å². The molecule has 1 unspecified atom stereocenters. The Morgan fingerprint density at radius 1 is 1.03 bits per heavy atom. The maximum Gasteiger partial charge on any atom is 0.226 e. The lowest BCUT2D eigenvalue weighted by Gasteiger charge is -2.36. The molecule has 1 spiro atoms. The molecule has 1 aromatic heterocycles. The van der Waals surface area contributed by atoms with Crippen LogP contribution in [0.1, 0.15) is 36.0 Å². The second-order valence-electron chi connectivity index (χ2n) is 10.0. The van der Waals surface area contributed by atoms with E-state index in [1.54, 1.807) is 0 Å². The van der Waals surface area contributed by atoms with E-state index in [0.29, 0.717) is 5.91 Å². The molecule has 5 heteroatoms. The van der Waals surface area contributed by atoms with Crippen LogP contribution in [0.25, 0.3) is 0 Å². The van der Waals surface area contributed by atoms with E-state index in [4.69, 9.17) is 0 Å². The predicted molar refractivity (Wildman–Crippen MR) is 122 cm³/mol. The van der Waals surface area contributed by atoms with Crippen molar-refractivity contribution in [3.63, 3.8) is 0 Å². The molecule has 3 aliphatic heterocycles. The highest BCUT2D eigenvalue weighted by molar-refractivity contribution is 5.79. The molecule has 0 radical (unpaired) electrons. The third-order valence-corrected chi connectivity index (χ3v) is 7.62. The van der Waals surface area contributed by atoms with Gasteiger partial charge in [0.2, 0.25) is 5.91 Å². The molecule has 4 heterocycles. The highest BCUT2D eigenvalue weighted by Crippen LogP contribution is 2.40. The average molecular weight is 419 g/mol. The van der Waals surface area contributed by atoms with Gasteiger partial charge in [-0.1, -0.05) is 24.3 Å². The maximum atomic E-state index is 13.6. The molecule has 3 aliphatic rings. The van der Waals surface area contributed by atoms with Gasteiger partial charge < -0.3 is 9.80 Å². The summed E-state index contributed by atoms with van der Waals surface area (Å²) in [4.78, 5) is 24.9. The highest BCUT2D eigenvalue weighted by Gasteiger charge is 2.43. The standard InChI is InChI=1S/C26H34N4O/c1-28-13-8-22(9-14-28)25(31)30-18-24-5-3-2-4-23(24)16-26(20-30)10-15-29(19-26)17-21-6-11-27-12-7-21/h2-7,11-12,22H,8-10,13-20H2,1H3. The van der Waals surface area contributed by atoms with Crippen molar-refractivity contribution < 1.29 is 4.79 Å². The Bertz CT molecular complexity index is 909. The van der Waals surface area contributed by atoms with Crippen molar-refractivity contribution in [2.45, 2.75) is 38.8 Å². The first-order chi connectivity index (χ1) is 15.1. The summed E-state index contributed by atoms with van der Waals surface area (Å²) in [7, 11) is 2.16. The first kappa shape index (κ1) is 20.7. The molecule has 2 saturated heterocycles. The molecule has 5 rings (SSSR count). The topological polar surface area (TPSA) is 39.7 Å². The second-order valence-corrected chi connectivity index (χ2v) is 10.0. The van der Waals surface area contributed by atoms with Crippen molar-refractivity contribution >= 4 is 5.91 Å². The Labute approximate surface area is 186 Å². The lowest BCUT2D eigenvalue weighted by Crippen LogP contribution is -2.46. The van der Waals surface area contributed by atoms with Crippen molar-refractivity contribution in [1.29, 1.82) is 0 Å². The first-order valence-electron chi connectivity index (χ1n) is 11.8. The number of piperidine rings is 1. The number of hydrogen-bond donors (Lipinski definition) is 0. The van der Waals surface area contributed by atoms with Crippen molar-refractivity contribution in [3.05, 3.63) is 65.5 Å². The third-order valence-electron chi connectivity index (χ3n) is 7.62. The molecule has 1 atom stereocenters. The van der Waals surface area contributed by atoms with Crippen molar-refractivity contribution in [1.82, 2.24) is 19.7 Å². The van der Waals surface area contributed by atoms with Gasteiger partial charge in [0, 0.05) is 49.9 Å². The van der Waals surface area contributed by atoms with Crippen LogP contribution in [-0.4, -0.2) is 65.4 Å². The number of aromatic nitrogens is 1. The van der Waals surface area contributed by atoms with Gasteiger partial charge in [0.1, 0.15) is 0 Å². The Morgan fingerprint density at radius 3 is 2.55 bits per heavy atom. The number of amides is 1. The Balaban J connectivity index is 1.37. The summed E-state index contributed by atoms with van der Waals surface area (Å²) < 4.78 is 0. The van der Waals surface area contributed by atoms with E-state index in [0.717, 1.165) is 71.5 Å². The van der Waals surface area contributed by atoms with E-state index in [1.165, 1.54) is 16.7 Å². The SMILES string of the molecule is CN1CCC(C(=O)N2Cc3ccccc3CC3(CCN(Cc4ccncc4)C3)C2)CC1. The monoisotopic (exact) mass is 418 g/mol. The average Bonchev–Trinajstić information content (AvgIpc) is 3.08. The van der Waals surface area contributed by atoms with E-state index in [1.807, 2.05) is 12.4 Å². The van der Waals surface area contributed by atoms with E-state index < -0.39 is 0 Å². The largest absolute Gasteiger partial charge is 0.338 e. The van der Waals surface area contributed by atoms with Gasteiger partial charge in [-0.2, -0.15) is 0 Å². The van der Waals surface area contributed by atoms with Gasteiger partial charge in [-0.05, 0) is 81.2 Å². The number of benzene rings is 1. The lowest BCUT2D eigenvalue weighted by molar-refractivity contribution is -0.139. The van der Waals surface area contributed by atoms with E-state index >= 15 is 0 Å². The van der Waals surface area contributed by atoms with E-state index in [2.05, 4.69) is 63.1 Å². The van der Waals surface area contributed by atoms with Crippen LogP contribution >= 0.6 is 0 Å². The molecular formula is C26H34N4O. The summed E-state index contributed by atoms with van der Waals surface area (Å²) >= 11 is 0. The highest BCUT2D eigenvalue weighted by atomic mass is 16.2. The van der Waals surface area contributed by atoms with Gasteiger partial charge in [0.15, 0.2) is 0 Å². The summed E-state index contributed by atoms with van der Waals surface area (Å²) in [5, 5.41) is 0. The summed E-state index contributed by atoms with van der Waals surface area (Å²) in [5.41, 5.74) is 4.25. The number of likely N-dealkylation sites (tertiary alicyclic amines) is 2. The van der Waals surface area contributed by atoms with Gasteiger partial charge in [-0.15, -0.1) is 0 Å². The lowest BCUT2D eigenvalue weighted by atomic mass is 9.80. The Morgan fingerprint density at radius 2 is 1.77 bits per heavy atom. The zero-order valence-corrected chi connectivity index (χ0v) is 18.7. The van der Waals surface area contributed by atoms with Gasteiger partial charge in [-0.3, -0.25) is 14.7 Å². The van der Waals surface area contributed by atoms with Crippen LogP contribution in [-0.2, 0) is 24.3 Å². The van der Waals surface area contributed by atoms with Crippen LogP contribution in [0.5, 0.6) is 0 Å². The van der Waals surface area contributed by atoms with Gasteiger partial charge in [0.05, 0.1) is 0 Å². The molecule has 1 aromatic carbocycles. The number of carbonyl (C=O) groups is 1. The zero-order chi connectivity index (χ0) is 21.3. The number of rotatable bonds is 3. The van der Waals surface area contributed by atoms with Crippen LogP contribution in [0.15, 0.2) is 48.8 Å². The molecule has 1 amide bonds. The van der Waals surface area contributed by atoms with Crippen LogP contribution in [0.2, 0.25) is 0 Å². The smallest absolute Gasteiger partial charge is 0.226 e. The Hall–Kier alpha value is -2.24. The molecule has 0 N–H and O–H groups in total. The molecule has 31 heavy (non-hydrogen) atoms. The molecule has 0 aliphatic carbocycles. The van der Waals surface area contributed by atoms with Crippen molar-refractivity contribution in [2.24, 2.45) is 11.3 Å². The van der Waals surface area contributed by atoms with Crippen molar-refractivity contribution in [2.75, 3.05) is 39.8 Å². The molecule has 5 nitrogen and oxygen atoms in total. The molecule has 164 valence electrons. The number of carbonyl (C=O) groups excluding carboxylic acids is 1. The number of pyridine rings is 1. The van der Waals surface area contributed by atoms with Crippen LogP contribution in [0.4, 0.5) is 0 Å². The third kappa shape index (κ3) is 4.53. The first-order valence-corrected chi connectivity index (χ1v) is 11.8. The van der Waals surface area contributed by atoms with Crippen LogP contribution < -0.4 is 0 Å². The molecule has 0 bridgehead atoms. The Kier molecular flexibility index (Phi) is 5.81. The number of hydrogen-bond acceptors (Lipinski definition) is 4. The predicted octanol–water partition coefficient (Wildman–Crippen LogP) is 3.20. The molecular weight excluding hydrogens is 384 g/mol. The fraction of sp³-hybridized carbons (Fsp3) is 0.538. The summed E-state index contributed by atoms with van der Waals surface area (Å²) in [6.07, 6.45) is 7.98. The quantitative estimate of drug-likeness (QED) is 0.768. The summed E-state index contributed by atoms with van der Waals surface area (Å²) in [6, 6.07) is 13.0. The fourth-order valence-corrected chi connectivity index (χ4v) is 5.86. The maximum absolute atomic E-state index is 13.6. The second kappa shape index (κ2) is 8.71. The number of nitrogens with zero attached hydrogens (tertiary/aromatic N) is 4. The van der Waals surface area contributed by atoms with Crippen molar-refractivity contribution in [3.8, 4) is 0 Å². The van der Waals surface area contributed by atoms with Gasteiger partial charge >= 0.3 is 0 Å². The normalized spacial score (nSPS) is 25.5. The minimum atomic E-state index is 0.154. The van der Waals surface area contributed by atoms with Crippen LogP contribution in [0.3, 0.4) is 0 Å². The minimum Gasteiger partial charge on any atom is -0.338 e. The minimum absolute atomic E-state index is 0.154. The van der Waals surface area contributed by atoms with Gasteiger partial charge in [0.25, 0.3) is 0 Å². The summed E-state index contributed by atoms with van der Waals surface area (Å²) in [6.45, 7) is 6.85. The molecule has 0 saturated carbocycles. The molecule has 2 fully saturated rings. The summed E-state index contributed by atoms with van der Waals surface area (Å²) in [5.74, 6) is 0.574. The van der Waals surface area contributed by atoms with E-state index in [9.17, 15) is 4.79 Å². The molecule has 2 aromatic rings. The zero-order valence-electron chi connectivity index (χ0n) is 18.7. The number of fused-ring (bicyclic) bond motifs is 1. The van der Waals surface area contributed by atoms with Crippen LogP contribution in [0, 0.1) is 11.3 Å². The van der Waals surface area contributed by atoms with Gasteiger partial charge in [-0.25, -0.2) is 0 Å².